The number of nitrogens with zero attached hydrogens (tertiary/aromatic N) is 2. The number of carbonyl (C=O) groups excluding carboxylic acids is 1. The molecule has 10 heteroatoms. The molecule has 1 aromatic carbocycles. The summed E-state index contributed by atoms with van der Waals surface area (Å²) in [5.74, 6) is 0.186. The molecule has 0 fully saturated rings. The van der Waals surface area contributed by atoms with Crippen molar-refractivity contribution in [2.24, 2.45) is 5.92 Å². The molecule has 0 aliphatic heterocycles. The smallest absolute Gasteiger partial charge is 0.256 e. The van der Waals surface area contributed by atoms with Crippen LogP contribution in [0.25, 0.3) is 0 Å². The van der Waals surface area contributed by atoms with Gasteiger partial charge in [-0.1, -0.05) is 6.92 Å². The second kappa shape index (κ2) is 11.2. The molecule has 0 radical (unpaired) electrons. The number of benzene rings is 1. The molecule has 33 heavy (non-hydrogen) atoms. The van der Waals surface area contributed by atoms with Crippen molar-refractivity contribution >= 4 is 32.3 Å². The van der Waals surface area contributed by atoms with Gasteiger partial charge >= 0.3 is 0 Å². The Morgan fingerprint density at radius 3 is 2.42 bits per heavy atom. The molecule has 178 valence electrons. The average molecular weight is 492 g/mol. The third-order valence-corrected chi connectivity index (χ3v) is 8.78. The van der Waals surface area contributed by atoms with Gasteiger partial charge in [0.15, 0.2) is 0 Å². The van der Waals surface area contributed by atoms with Gasteiger partial charge in [-0.15, -0.1) is 11.3 Å². The minimum Gasteiger partial charge on any atom is -0.383 e. The predicted molar refractivity (Wildman–Crippen MR) is 127 cm³/mol. The van der Waals surface area contributed by atoms with E-state index in [0.717, 1.165) is 29.7 Å². The van der Waals surface area contributed by atoms with E-state index in [2.05, 4.69) is 18.3 Å². The van der Waals surface area contributed by atoms with E-state index in [1.165, 1.54) is 54.1 Å². The Morgan fingerprint density at radius 1 is 1.21 bits per heavy atom. The van der Waals surface area contributed by atoms with Gasteiger partial charge in [0.2, 0.25) is 10.0 Å². The highest BCUT2D eigenvalue weighted by Gasteiger charge is 2.26. The standard InChI is InChI=1S/C23H29N3O5S2/c1-16-4-9-19-20(15-24)23(32-21(19)14-16)25-22(27)17-5-7-18(8-6-17)33(28,29)26(10-12-30-2)11-13-31-3/h5-8,16H,4,9-14H2,1-3H3,(H,25,27)/t16-/m0/s1. The number of rotatable bonds is 10. The highest BCUT2D eigenvalue weighted by atomic mass is 32.2. The van der Waals surface area contributed by atoms with Gasteiger partial charge < -0.3 is 14.8 Å². The zero-order chi connectivity index (χ0) is 24.0. The van der Waals surface area contributed by atoms with Crippen molar-refractivity contribution in [2.75, 3.05) is 45.8 Å². The molecule has 3 rings (SSSR count). The summed E-state index contributed by atoms with van der Waals surface area (Å²) in [5, 5.41) is 13.0. The molecule has 1 aromatic heterocycles. The van der Waals surface area contributed by atoms with Crippen LogP contribution in [0.2, 0.25) is 0 Å². The molecular weight excluding hydrogens is 462 g/mol. The van der Waals surface area contributed by atoms with Crippen LogP contribution in [0.4, 0.5) is 5.00 Å². The van der Waals surface area contributed by atoms with Crippen molar-refractivity contribution in [2.45, 2.75) is 31.1 Å². The topological polar surface area (TPSA) is 109 Å². The Hall–Kier alpha value is -2.29. The van der Waals surface area contributed by atoms with Gasteiger partial charge in [0.1, 0.15) is 11.1 Å². The highest BCUT2D eigenvalue weighted by Crippen LogP contribution is 2.39. The number of anilines is 1. The zero-order valence-electron chi connectivity index (χ0n) is 19.1. The lowest BCUT2D eigenvalue weighted by Crippen LogP contribution is -2.36. The number of nitriles is 1. The molecule has 0 spiro atoms. The number of amides is 1. The molecule has 1 N–H and O–H groups in total. The minimum atomic E-state index is -3.76. The van der Waals surface area contributed by atoms with Gasteiger partial charge in [-0.05, 0) is 55.0 Å². The summed E-state index contributed by atoms with van der Waals surface area (Å²) in [7, 11) is -0.743. The first kappa shape index (κ1) is 25.3. The van der Waals surface area contributed by atoms with Crippen molar-refractivity contribution in [1.82, 2.24) is 4.31 Å². The van der Waals surface area contributed by atoms with Crippen molar-refractivity contribution in [3.05, 3.63) is 45.8 Å². The molecule has 1 heterocycles. The molecule has 0 saturated heterocycles. The first-order valence-corrected chi connectivity index (χ1v) is 13.0. The lowest BCUT2D eigenvalue weighted by Gasteiger charge is -2.21. The quantitative estimate of drug-likeness (QED) is 0.546. The van der Waals surface area contributed by atoms with Crippen LogP contribution >= 0.6 is 11.3 Å². The van der Waals surface area contributed by atoms with Gasteiger partial charge in [0, 0.05) is 37.7 Å². The Morgan fingerprint density at radius 2 is 1.85 bits per heavy atom. The summed E-state index contributed by atoms with van der Waals surface area (Å²) < 4.78 is 37.4. The number of hydrogen-bond donors (Lipinski definition) is 1. The van der Waals surface area contributed by atoms with Crippen LogP contribution in [0.15, 0.2) is 29.2 Å². The number of ether oxygens (including phenoxy) is 2. The highest BCUT2D eigenvalue weighted by molar-refractivity contribution is 7.89. The maximum absolute atomic E-state index is 13.0. The third kappa shape index (κ3) is 5.80. The minimum absolute atomic E-state index is 0.0875. The Bertz CT molecular complexity index is 1110. The molecule has 1 amide bonds. The van der Waals surface area contributed by atoms with Crippen LogP contribution in [0.5, 0.6) is 0 Å². The molecular formula is C23H29N3O5S2. The van der Waals surface area contributed by atoms with Crippen LogP contribution in [0.1, 0.15) is 39.7 Å². The van der Waals surface area contributed by atoms with Crippen LogP contribution in [0.3, 0.4) is 0 Å². The van der Waals surface area contributed by atoms with Crippen LogP contribution in [-0.2, 0) is 32.3 Å². The van der Waals surface area contributed by atoms with Gasteiger partial charge in [-0.2, -0.15) is 9.57 Å². The average Bonchev–Trinajstić information content (AvgIpc) is 3.14. The van der Waals surface area contributed by atoms with Crippen molar-refractivity contribution < 1.29 is 22.7 Å². The molecule has 2 aromatic rings. The first-order chi connectivity index (χ1) is 15.8. The lowest BCUT2D eigenvalue weighted by atomic mass is 9.88. The SMILES string of the molecule is COCCN(CCOC)S(=O)(=O)c1ccc(C(=O)Nc2sc3c(c2C#N)CC[C@H](C)C3)cc1. The third-order valence-electron chi connectivity index (χ3n) is 5.69. The maximum atomic E-state index is 13.0. The van der Waals surface area contributed by atoms with Crippen LogP contribution < -0.4 is 5.32 Å². The summed E-state index contributed by atoms with van der Waals surface area (Å²) in [5.41, 5.74) is 1.91. The maximum Gasteiger partial charge on any atom is 0.256 e. The van der Waals surface area contributed by atoms with E-state index in [9.17, 15) is 18.5 Å². The largest absolute Gasteiger partial charge is 0.383 e. The van der Waals surface area contributed by atoms with E-state index < -0.39 is 10.0 Å². The van der Waals surface area contributed by atoms with Crippen LogP contribution in [0, 0.1) is 17.2 Å². The first-order valence-electron chi connectivity index (χ1n) is 10.8. The number of carbonyl (C=O) groups is 1. The van der Waals surface area contributed by atoms with Crippen LogP contribution in [-0.4, -0.2) is 59.2 Å². The fourth-order valence-electron chi connectivity index (χ4n) is 3.80. The van der Waals surface area contributed by atoms with E-state index in [0.29, 0.717) is 22.0 Å². The van der Waals surface area contributed by atoms with E-state index in [1.54, 1.807) is 0 Å². The molecule has 0 saturated carbocycles. The fraction of sp³-hybridized carbons (Fsp3) is 0.478. The van der Waals surface area contributed by atoms with Crippen molar-refractivity contribution in [1.29, 1.82) is 5.26 Å². The Kier molecular flexibility index (Phi) is 8.62. The van der Waals surface area contributed by atoms with Crippen molar-refractivity contribution in [3.8, 4) is 6.07 Å². The number of thiophene rings is 1. The molecule has 1 aliphatic rings. The number of methoxy groups -OCH3 is 2. The Labute approximate surface area is 199 Å². The molecule has 8 nitrogen and oxygen atoms in total. The van der Waals surface area contributed by atoms with E-state index >= 15 is 0 Å². The normalized spacial score (nSPS) is 15.8. The fourth-order valence-corrected chi connectivity index (χ4v) is 6.56. The summed E-state index contributed by atoms with van der Waals surface area (Å²) in [6.07, 6.45) is 2.80. The van der Waals surface area contributed by atoms with E-state index in [-0.39, 0.29) is 37.1 Å². The summed E-state index contributed by atoms with van der Waals surface area (Å²) in [6, 6.07) is 8.04. The second-order valence-electron chi connectivity index (χ2n) is 8.04. The number of hydrogen-bond acceptors (Lipinski definition) is 7. The van der Waals surface area contributed by atoms with Gasteiger partial charge in [-0.25, -0.2) is 8.42 Å². The second-order valence-corrected chi connectivity index (χ2v) is 11.1. The molecule has 1 atom stereocenters. The van der Waals surface area contributed by atoms with E-state index in [1.807, 2.05) is 0 Å². The molecule has 1 aliphatic carbocycles. The van der Waals surface area contributed by atoms with E-state index in [4.69, 9.17) is 9.47 Å². The number of sulfonamides is 1. The monoisotopic (exact) mass is 491 g/mol. The summed E-state index contributed by atoms with van der Waals surface area (Å²) >= 11 is 1.46. The molecule has 0 bridgehead atoms. The van der Waals surface area contributed by atoms with Crippen molar-refractivity contribution in [3.63, 3.8) is 0 Å². The number of nitrogens with one attached hydrogen (secondary N) is 1. The summed E-state index contributed by atoms with van der Waals surface area (Å²) in [6.45, 7) is 3.10. The Balaban J connectivity index is 1.77. The predicted octanol–water partition coefficient (Wildman–Crippen LogP) is 3.28. The molecule has 0 unspecified atom stereocenters. The summed E-state index contributed by atoms with van der Waals surface area (Å²) in [4.78, 5) is 14.1. The zero-order valence-corrected chi connectivity index (χ0v) is 20.7. The van der Waals surface area contributed by atoms with Gasteiger partial charge in [0.25, 0.3) is 5.91 Å². The number of fused-ring (bicyclic) bond motifs is 1. The van der Waals surface area contributed by atoms with Gasteiger partial charge in [-0.3, -0.25) is 4.79 Å². The van der Waals surface area contributed by atoms with Gasteiger partial charge in [0.05, 0.1) is 23.7 Å². The lowest BCUT2D eigenvalue weighted by molar-refractivity contribution is 0.102.